The molecule has 0 aliphatic heterocycles. The summed E-state index contributed by atoms with van der Waals surface area (Å²) >= 11 is 0. The van der Waals surface area contributed by atoms with Crippen LogP contribution in [0.25, 0.3) is 0 Å². The van der Waals surface area contributed by atoms with Crippen molar-refractivity contribution in [1.29, 1.82) is 0 Å². The Labute approximate surface area is 80.4 Å². The highest BCUT2D eigenvalue weighted by Gasteiger charge is 2.04. The average Bonchev–Trinajstić information content (AvgIpc) is 2.19. The van der Waals surface area contributed by atoms with Gasteiger partial charge in [-0.05, 0) is 12.1 Å². The van der Waals surface area contributed by atoms with Gasteiger partial charge in [0, 0.05) is 6.07 Å². The number of benzene rings is 1. The topological polar surface area (TPSA) is 61.5 Å². The molecule has 0 aliphatic carbocycles. The van der Waals surface area contributed by atoms with E-state index in [-0.39, 0.29) is 18.0 Å². The van der Waals surface area contributed by atoms with Gasteiger partial charge in [-0.2, -0.15) is 0 Å². The summed E-state index contributed by atoms with van der Waals surface area (Å²) < 4.78 is 22.1. The molecule has 0 atom stereocenters. The fourth-order valence-corrected chi connectivity index (χ4v) is 0.799. The molecule has 0 fully saturated rings. The van der Waals surface area contributed by atoms with Crippen molar-refractivity contribution in [1.82, 2.24) is 0 Å². The number of nitrogen functional groups attached to an aromatic ring is 1. The van der Waals surface area contributed by atoms with E-state index < -0.39 is 11.8 Å². The fraction of sp³-hybridized carbons (Fsp3) is 0.222. The van der Waals surface area contributed by atoms with Crippen LogP contribution in [0.2, 0.25) is 0 Å². The van der Waals surface area contributed by atoms with Crippen molar-refractivity contribution in [2.24, 2.45) is 0 Å². The summed E-state index contributed by atoms with van der Waals surface area (Å²) in [5.41, 5.74) is 5.29. The Morgan fingerprint density at radius 3 is 2.86 bits per heavy atom. The molecule has 1 rings (SSSR count). The zero-order valence-corrected chi connectivity index (χ0v) is 7.62. The molecule has 76 valence electrons. The molecule has 0 heterocycles. The normalized spacial score (nSPS) is 9.57. The average molecular weight is 199 g/mol. The predicted octanol–water partition coefficient (Wildman–Crippen LogP) is 0.960. The van der Waals surface area contributed by atoms with Gasteiger partial charge in [-0.25, -0.2) is 9.18 Å². The van der Waals surface area contributed by atoms with Crippen LogP contribution in [0.5, 0.6) is 5.75 Å². The molecule has 2 N–H and O–H groups in total. The lowest BCUT2D eigenvalue weighted by atomic mass is 10.3. The van der Waals surface area contributed by atoms with Gasteiger partial charge in [0.05, 0.1) is 12.8 Å². The number of carbonyl (C=O) groups is 1. The van der Waals surface area contributed by atoms with Crippen molar-refractivity contribution in [3.8, 4) is 5.75 Å². The number of esters is 1. The summed E-state index contributed by atoms with van der Waals surface area (Å²) in [5, 5.41) is 0. The van der Waals surface area contributed by atoms with Crippen molar-refractivity contribution in [2.45, 2.75) is 0 Å². The standard InChI is InChI=1S/C9H10FNO3/c1-13-9(12)5-14-6-2-3-8(11)7(10)4-6/h2-4H,5,11H2,1H3. The highest BCUT2D eigenvalue weighted by molar-refractivity contribution is 5.70. The SMILES string of the molecule is COC(=O)COc1ccc(N)c(F)c1. The quantitative estimate of drug-likeness (QED) is 0.581. The van der Waals surface area contributed by atoms with E-state index in [1.165, 1.54) is 19.2 Å². The van der Waals surface area contributed by atoms with E-state index in [2.05, 4.69) is 4.74 Å². The molecular formula is C9H10FNO3. The molecule has 4 nitrogen and oxygen atoms in total. The Morgan fingerprint density at radius 1 is 1.57 bits per heavy atom. The van der Waals surface area contributed by atoms with Gasteiger partial charge in [-0.15, -0.1) is 0 Å². The van der Waals surface area contributed by atoms with Crippen LogP contribution >= 0.6 is 0 Å². The molecule has 0 bridgehead atoms. The summed E-state index contributed by atoms with van der Waals surface area (Å²) in [5.74, 6) is -0.864. The third-order valence-corrected chi connectivity index (χ3v) is 1.56. The molecular weight excluding hydrogens is 189 g/mol. The van der Waals surface area contributed by atoms with Crippen LogP contribution in [0.1, 0.15) is 0 Å². The van der Waals surface area contributed by atoms with Gasteiger partial charge in [0.2, 0.25) is 0 Å². The van der Waals surface area contributed by atoms with Gasteiger partial charge in [-0.3, -0.25) is 0 Å². The molecule has 14 heavy (non-hydrogen) atoms. The van der Waals surface area contributed by atoms with Crippen molar-refractivity contribution in [2.75, 3.05) is 19.5 Å². The second kappa shape index (κ2) is 4.45. The highest BCUT2D eigenvalue weighted by atomic mass is 19.1. The van der Waals surface area contributed by atoms with Crippen LogP contribution < -0.4 is 10.5 Å². The second-order valence-electron chi connectivity index (χ2n) is 2.55. The van der Waals surface area contributed by atoms with Gasteiger partial charge < -0.3 is 15.2 Å². The Hall–Kier alpha value is -1.78. The molecule has 0 spiro atoms. The molecule has 0 saturated heterocycles. The minimum Gasteiger partial charge on any atom is -0.482 e. The van der Waals surface area contributed by atoms with Crippen LogP contribution in [0, 0.1) is 5.82 Å². The van der Waals surface area contributed by atoms with E-state index in [1.54, 1.807) is 0 Å². The van der Waals surface area contributed by atoms with Crippen molar-refractivity contribution >= 4 is 11.7 Å². The summed E-state index contributed by atoms with van der Waals surface area (Å²) in [7, 11) is 1.25. The maximum Gasteiger partial charge on any atom is 0.343 e. The molecule has 5 heteroatoms. The highest BCUT2D eigenvalue weighted by Crippen LogP contribution is 2.17. The number of methoxy groups -OCH3 is 1. The lowest BCUT2D eigenvalue weighted by Crippen LogP contribution is -2.12. The van der Waals surface area contributed by atoms with Crippen LogP contribution in [-0.2, 0) is 9.53 Å². The Balaban J connectivity index is 2.60. The number of anilines is 1. The van der Waals surface area contributed by atoms with Crippen molar-refractivity contribution < 1.29 is 18.7 Å². The number of rotatable bonds is 3. The third kappa shape index (κ3) is 2.62. The first-order chi connectivity index (χ1) is 6.63. The number of nitrogens with two attached hydrogens (primary N) is 1. The van der Waals surface area contributed by atoms with Crippen LogP contribution in [-0.4, -0.2) is 19.7 Å². The Morgan fingerprint density at radius 2 is 2.29 bits per heavy atom. The zero-order chi connectivity index (χ0) is 10.6. The zero-order valence-electron chi connectivity index (χ0n) is 7.62. The number of hydrogen-bond acceptors (Lipinski definition) is 4. The maximum atomic E-state index is 12.9. The summed E-state index contributed by atoms with van der Waals surface area (Å²) in [6.45, 7) is -0.250. The Kier molecular flexibility index (Phi) is 3.28. The van der Waals surface area contributed by atoms with E-state index in [4.69, 9.17) is 10.5 Å². The predicted molar refractivity (Wildman–Crippen MR) is 48.3 cm³/mol. The molecule has 0 aliphatic rings. The van der Waals surface area contributed by atoms with Gasteiger partial charge >= 0.3 is 5.97 Å². The van der Waals surface area contributed by atoms with Crippen LogP contribution in [0.15, 0.2) is 18.2 Å². The van der Waals surface area contributed by atoms with E-state index in [0.717, 1.165) is 6.07 Å². The molecule has 0 radical (unpaired) electrons. The second-order valence-corrected chi connectivity index (χ2v) is 2.55. The number of ether oxygens (including phenoxy) is 2. The van der Waals surface area contributed by atoms with Gasteiger partial charge in [0.15, 0.2) is 6.61 Å². The molecule has 0 aromatic heterocycles. The number of carbonyl (C=O) groups excluding carboxylic acids is 1. The minimum atomic E-state index is -0.577. The van der Waals surface area contributed by atoms with E-state index in [0.29, 0.717) is 0 Å². The first kappa shape index (κ1) is 10.3. The maximum absolute atomic E-state index is 12.9. The number of halogens is 1. The van der Waals surface area contributed by atoms with Crippen molar-refractivity contribution in [3.05, 3.63) is 24.0 Å². The smallest absolute Gasteiger partial charge is 0.343 e. The molecule has 0 unspecified atom stereocenters. The monoisotopic (exact) mass is 199 g/mol. The summed E-state index contributed by atoms with van der Waals surface area (Å²) in [6, 6.07) is 3.95. The van der Waals surface area contributed by atoms with Crippen LogP contribution in [0.3, 0.4) is 0 Å². The van der Waals surface area contributed by atoms with E-state index in [1.807, 2.05) is 0 Å². The van der Waals surface area contributed by atoms with Gasteiger partial charge in [-0.1, -0.05) is 0 Å². The lowest BCUT2D eigenvalue weighted by Gasteiger charge is -2.05. The fourth-order valence-electron chi connectivity index (χ4n) is 0.799. The first-order valence-corrected chi connectivity index (χ1v) is 3.88. The van der Waals surface area contributed by atoms with E-state index in [9.17, 15) is 9.18 Å². The Bertz CT molecular complexity index is 341. The van der Waals surface area contributed by atoms with Gasteiger partial charge in [0.25, 0.3) is 0 Å². The van der Waals surface area contributed by atoms with Crippen LogP contribution in [0.4, 0.5) is 10.1 Å². The summed E-state index contributed by atoms with van der Waals surface area (Å²) in [6.07, 6.45) is 0. The van der Waals surface area contributed by atoms with Gasteiger partial charge in [0.1, 0.15) is 11.6 Å². The van der Waals surface area contributed by atoms with E-state index >= 15 is 0 Å². The molecule has 1 aromatic carbocycles. The van der Waals surface area contributed by atoms with Crippen molar-refractivity contribution in [3.63, 3.8) is 0 Å². The first-order valence-electron chi connectivity index (χ1n) is 3.88. The summed E-state index contributed by atoms with van der Waals surface area (Å²) in [4.78, 5) is 10.7. The lowest BCUT2D eigenvalue weighted by molar-refractivity contribution is -0.142. The molecule has 0 saturated carbocycles. The molecule has 0 amide bonds. The molecule has 1 aromatic rings. The number of hydrogen-bond donors (Lipinski definition) is 1. The largest absolute Gasteiger partial charge is 0.482 e. The minimum absolute atomic E-state index is 0.0374. The third-order valence-electron chi connectivity index (χ3n) is 1.56.